The van der Waals surface area contributed by atoms with Gasteiger partial charge >= 0.3 is 11.9 Å². The summed E-state index contributed by atoms with van der Waals surface area (Å²) in [4.78, 5) is 36.8. The zero-order valence-electron chi connectivity index (χ0n) is 36.1. The summed E-state index contributed by atoms with van der Waals surface area (Å²) in [5.41, 5.74) is 0. The Kier molecular flexibility index (Phi) is 36.3. The molecule has 0 aliphatic carbocycles. The Hall–Kier alpha value is -2.71. The van der Waals surface area contributed by atoms with Gasteiger partial charge < -0.3 is 28.6 Å². The third-order valence-corrected chi connectivity index (χ3v) is 9.69. The van der Waals surface area contributed by atoms with Gasteiger partial charge in [0, 0.05) is 19.3 Å². The van der Waals surface area contributed by atoms with Crippen molar-refractivity contribution in [2.45, 2.75) is 193 Å². The highest BCUT2D eigenvalue weighted by Gasteiger charge is 2.25. The molecule has 2 atom stereocenters. The molecular formula is C47H83NO7. The van der Waals surface area contributed by atoms with Crippen LogP contribution in [0.15, 0.2) is 48.6 Å². The number of hydrogen-bond acceptors (Lipinski definition) is 7. The topological polar surface area (TPSA) is 102 Å². The van der Waals surface area contributed by atoms with Crippen LogP contribution < -0.4 is 5.11 Å². The van der Waals surface area contributed by atoms with Gasteiger partial charge in [-0.2, -0.15) is 0 Å². The third kappa shape index (κ3) is 36.7. The van der Waals surface area contributed by atoms with E-state index in [9.17, 15) is 19.5 Å². The van der Waals surface area contributed by atoms with Crippen molar-refractivity contribution in [1.29, 1.82) is 0 Å². The lowest BCUT2D eigenvalue weighted by atomic mass is 10.1. The number of quaternary nitrogens is 1. The van der Waals surface area contributed by atoms with Crippen LogP contribution in [0.5, 0.6) is 0 Å². The first-order valence-electron chi connectivity index (χ1n) is 22.2. The van der Waals surface area contributed by atoms with E-state index in [1.54, 1.807) is 21.1 Å². The molecule has 0 aromatic heterocycles. The molecule has 0 aromatic rings. The van der Waals surface area contributed by atoms with Gasteiger partial charge in [-0.15, -0.1) is 0 Å². The van der Waals surface area contributed by atoms with Crippen LogP contribution in [0, 0.1) is 0 Å². The molecule has 8 heteroatoms. The van der Waals surface area contributed by atoms with Gasteiger partial charge in [-0.1, -0.05) is 133 Å². The van der Waals surface area contributed by atoms with Crippen molar-refractivity contribution in [3.8, 4) is 0 Å². The number of carboxylic acid groups (broad SMARTS) is 1. The molecule has 0 rings (SSSR count). The van der Waals surface area contributed by atoms with Crippen molar-refractivity contribution in [3.05, 3.63) is 48.6 Å². The average molecular weight is 774 g/mol. The Labute approximate surface area is 337 Å². The van der Waals surface area contributed by atoms with E-state index in [0.717, 1.165) is 89.9 Å². The zero-order valence-corrected chi connectivity index (χ0v) is 36.1. The number of rotatable bonds is 39. The summed E-state index contributed by atoms with van der Waals surface area (Å²) in [6, 6.07) is -0.731. The number of likely N-dealkylation sites (N-methyl/N-ethyl adjacent to an activating group) is 1. The molecular weight excluding hydrogens is 691 g/mol. The van der Waals surface area contributed by atoms with E-state index in [1.165, 1.54) is 57.8 Å². The zero-order chi connectivity index (χ0) is 40.7. The molecule has 0 saturated heterocycles. The first-order valence-corrected chi connectivity index (χ1v) is 22.2. The molecule has 0 aliphatic rings. The predicted octanol–water partition coefficient (Wildman–Crippen LogP) is 10.7. The molecule has 55 heavy (non-hydrogen) atoms. The van der Waals surface area contributed by atoms with Crippen LogP contribution in [-0.4, -0.2) is 75.5 Å². The van der Waals surface area contributed by atoms with E-state index in [4.69, 9.17) is 14.2 Å². The lowest BCUT2D eigenvalue weighted by molar-refractivity contribution is -0.889. The second kappa shape index (κ2) is 38.2. The van der Waals surface area contributed by atoms with Crippen LogP contribution in [0.25, 0.3) is 0 Å². The molecule has 8 nitrogen and oxygen atoms in total. The maximum Gasteiger partial charge on any atom is 0.306 e. The van der Waals surface area contributed by atoms with Crippen LogP contribution in [0.1, 0.15) is 181 Å². The lowest BCUT2D eigenvalue weighted by Crippen LogP contribution is -2.55. The van der Waals surface area contributed by atoms with Crippen molar-refractivity contribution in [1.82, 2.24) is 0 Å². The van der Waals surface area contributed by atoms with Gasteiger partial charge in [0.2, 0.25) is 0 Å². The van der Waals surface area contributed by atoms with Crippen molar-refractivity contribution in [3.63, 3.8) is 0 Å². The molecule has 318 valence electrons. The summed E-state index contributed by atoms with van der Waals surface area (Å²) in [7, 11) is 5.39. The molecule has 0 aliphatic heterocycles. The van der Waals surface area contributed by atoms with Crippen molar-refractivity contribution < 1.29 is 38.2 Å². The number of aliphatic carboxylic acids is 1. The second-order valence-electron chi connectivity index (χ2n) is 15.9. The van der Waals surface area contributed by atoms with Crippen LogP contribution in [0.3, 0.4) is 0 Å². The van der Waals surface area contributed by atoms with Gasteiger partial charge in [0.15, 0.2) is 6.10 Å². The minimum Gasteiger partial charge on any atom is -0.544 e. The summed E-state index contributed by atoms with van der Waals surface area (Å²) in [6.45, 7) is 4.58. The maximum absolute atomic E-state index is 12.7. The molecule has 0 spiro atoms. The highest BCUT2D eigenvalue weighted by Crippen LogP contribution is 2.13. The quantitative estimate of drug-likeness (QED) is 0.0265. The number of unbranched alkanes of at least 4 members (excludes halogenated alkanes) is 17. The number of nitrogens with zero attached hydrogens (tertiary/aromatic N) is 1. The van der Waals surface area contributed by atoms with Gasteiger partial charge in [0.25, 0.3) is 0 Å². The van der Waals surface area contributed by atoms with E-state index in [2.05, 4.69) is 62.5 Å². The Morgan fingerprint density at radius 1 is 0.545 bits per heavy atom. The number of allylic oxidation sites excluding steroid dienone is 8. The fourth-order valence-corrected chi connectivity index (χ4v) is 6.19. The Bertz CT molecular complexity index is 1040. The van der Waals surface area contributed by atoms with Crippen molar-refractivity contribution in [2.75, 3.05) is 41.0 Å². The smallest absolute Gasteiger partial charge is 0.306 e. The SMILES string of the molecule is CCCCC/C=C\C/C=C\CCCCCCCC(=O)OCC(COCCC(C(=O)[O-])[N+](C)(C)C)OC(=O)CCCCCCC/C=C\C/C=C\CCCCCC. The molecule has 0 bridgehead atoms. The molecule has 0 aromatic carbocycles. The molecule has 0 saturated carbocycles. The van der Waals surface area contributed by atoms with Gasteiger partial charge in [-0.25, -0.2) is 0 Å². The largest absolute Gasteiger partial charge is 0.544 e. The van der Waals surface area contributed by atoms with Crippen molar-refractivity contribution in [2.24, 2.45) is 0 Å². The number of carbonyl (C=O) groups excluding carboxylic acids is 3. The molecule has 2 unspecified atom stereocenters. The summed E-state index contributed by atoms with van der Waals surface area (Å²) < 4.78 is 17.1. The number of esters is 2. The Morgan fingerprint density at radius 2 is 0.964 bits per heavy atom. The summed E-state index contributed by atoms with van der Waals surface area (Å²) in [6.07, 6.45) is 44.1. The average Bonchev–Trinajstić information content (AvgIpc) is 3.14. The lowest BCUT2D eigenvalue weighted by Gasteiger charge is -2.34. The molecule has 0 amide bonds. The number of carbonyl (C=O) groups is 3. The fraction of sp³-hybridized carbons (Fsp3) is 0.766. The number of hydrogen-bond donors (Lipinski definition) is 0. The summed E-state index contributed by atoms with van der Waals surface area (Å²) in [5.74, 6) is -1.77. The van der Waals surface area contributed by atoms with Crippen LogP contribution in [-0.2, 0) is 28.6 Å². The maximum atomic E-state index is 12.7. The fourth-order valence-electron chi connectivity index (χ4n) is 6.19. The normalized spacial score (nSPS) is 13.4. The van der Waals surface area contributed by atoms with Gasteiger partial charge in [0.1, 0.15) is 12.6 Å². The van der Waals surface area contributed by atoms with Crippen LogP contribution in [0.4, 0.5) is 0 Å². The van der Waals surface area contributed by atoms with Crippen LogP contribution >= 0.6 is 0 Å². The van der Waals surface area contributed by atoms with Crippen LogP contribution in [0.2, 0.25) is 0 Å². The summed E-state index contributed by atoms with van der Waals surface area (Å²) >= 11 is 0. The van der Waals surface area contributed by atoms with E-state index in [0.29, 0.717) is 12.8 Å². The van der Waals surface area contributed by atoms with E-state index < -0.39 is 18.1 Å². The molecule has 0 heterocycles. The standard InChI is InChI=1S/C47H83NO7/c1-6-8-10-12-14-16-18-20-22-24-26-28-30-32-34-36-38-46(50)55-43(41-53-40-39-44(47(51)52)48(3,4)5)42-54-45(49)37-35-33-31-29-27-25-23-21-19-17-15-13-11-9-7-2/h15-18,21-24,43-44H,6-14,19-20,25-42H2,1-5H3/b17-15-,18-16-,23-21-,24-22-. The van der Waals surface area contributed by atoms with E-state index in [-0.39, 0.29) is 42.7 Å². The van der Waals surface area contributed by atoms with E-state index >= 15 is 0 Å². The van der Waals surface area contributed by atoms with Gasteiger partial charge in [-0.3, -0.25) is 9.59 Å². The highest BCUT2D eigenvalue weighted by molar-refractivity contribution is 5.70. The molecule has 0 N–H and O–H groups in total. The third-order valence-electron chi connectivity index (χ3n) is 9.69. The van der Waals surface area contributed by atoms with Crippen molar-refractivity contribution >= 4 is 17.9 Å². The first-order chi connectivity index (χ1) is 26.6. The van der Waals surface area contributed by atoms with Gasteiger partial charge in [0.05, 0.1) is 40.3 Å². The predicted molar refractivity (Wildman–Crippen MR) is 226 cm³/mol. The first kappa shape index (κ1) is 52.3. The minimum atomic E-state index is -1.13. The highest BCUT2D eigenvalue weighted by atomic mass is 16.6. The Morgan fingerprint density at radius 3 is 1.44 bits per heavy atom. The van der Waals surface area contributed by atoms with E-state index in [1.807, 2.05) is 0 Å². The number of ether oxygens (including phenoxy) is 3. The molecule has 0 radical (unpaired) electrons. The monoisotopic (exact) mass is 774 g/mol. The summed E-state index contributed by atoms with van der Waals surface area (Å²) in [5, 5.41) is 11.6. The number of carboxylic acids is 1. The minimum absolute atomic E-state index is 0.0297. The molecule has 0 fully saturated rings. The Balaban J connectivity index is 4.40. The second-order valence-corrected chi connectivity index (χ2v) is 15.9. The van der Waals surface area contributed by atoms with Gasteiger partial charge in [-0.05, 0) is 77.0 Å².